The Hall–Kier alpha value is -3.49. The molecular formula is C28H32N4O3S. The third-order valence-corrected chi connectivity index (χ3v) is 7.94. The molecule has 4 aromatic rings. The van der Waals surface area contributed by atoms with E-state index in [1.54, 1.807) is 29.8 Å². The molecule has 0 saturated carbocycles. The molecule has 0 aliphatic heterocycles. The van der Waals surface area contributed by atoms with Gasteiger partial charge in [0.2, 0.25) is 15.9 Å². The second-order valence-electron chi connectivity index (χ2n) is 9.90. The number of aryl methyl sites for hydroxylation is 1. The Balaban J connectivity index is 1.61. The van der Waals surface area contributed by atoms with Gasteiger partial charge in [-0.2, -0.15) is 9.40 Å². The fraction of sp³-hybridized carbons (Fsp3) is 0.286. The molecular weight excluding hydrogens is 472 g/mol. The van der Waals surface area contributed by atoms with Crippen LogP contribution in [0.5, 0.6) is 0 Å². The van der Waals surface area contributed by atoms with Gasteiger partial charge in [-0.15, -0.1) is 0 Å². The van der Waals surface area contributed by atoms with E-state index in [0.717, 1.165) is 27.7 Å². The van der Waals surface area contributed by atoms with Gasteiger partial charge in [0, 0.05) is 18.0 Å². The van der Waals surface area contributed by atoms with Crippen LogP contribution in [0.2, 0.25) is 0 Å². The van der Waals surface area contributed by atoms with Gasteiger partial charge < -0.3 is 5.32 Å². The van der Waals surface area contributed by atoms with E-state index >= 15 is 0 Å². The number of sulfonamides is 1. The van der Waals surface area contributed by atoms with Gasteiger partial charge in [0.1, 0.15) is 5.82 Å². The Bertz CT molecular complexity index is 1520. The van der Waals surface area contributed by atoms with Crippen LogP contribution in [0.15, 0.2) is 77.7 Å². The predicted octanol–water partition coefficient (Wildman–Crippen LogP) is 5.28. The highest BCUT2D eigenvalue weighted by atomic mass is 32.2. The molecule has 0 spiro atoms. The Labute approximate surface area is 212 Å². The van der Waals surface area contributed by atoms with Gasteiger partial charge in [0.05, 0.1) is 22.8 Å². The topological polar surface area (TPSA) is 84.3 Å². The summed E-state index contributed by atoms with van der Waals surface area (Å²) in [5, 5.41) is 9.42. The molecule has 0 fully saturated rings. The minimum Gasteiger partial charge on any atom is -0.309 e. The summed E-state index contributed by atoms with van der Waals surface area (Å²) in [7, 11) is -3.87. The van der Waals surface area contributed by atoms with Crippen LogP contribution in [0.25, 0.3) is 16.5 Å². The first-order chi connectivity index (χ1) is 17.0. The predicted molar refractivity (Wildman–Crippen MR) is 144 cm³/mol. The number of rotatable bonds is 7. The molecule has 0 bridgehead atoms. The molecule has 0 unspecified atom stereocenters. The number of carbonyl (C=O) groups is 1. The third kappa shape index (κ3) is 5.34. The highest BCUT2D eigenvalue weighted by Crippen LogP contribution is 2.27. The van der Waals surface area contributed by atoms with Crippen molar-refractivity contribution in [3.8, 4) is 5.69 Å². The number of amides is 1. The van der Waals surface area contributed by atoms with Crippen molar-refractivity contribution in [2.75, 3.05) is 18.4 Å². The number of carbonyl (C=O) groups excluding carboxylic acids is 1. The number of hydrogen-bond donors (Lipinski definition) is 1. The number of aromatic nitrogens is 2. The smallest absolute Gasteiger partial charge is 0.243 e. The van der Waals surface area contributed by atoms with Crippen molar-refractivity contribution < 1.29 is 13.2 Å². The molecule has 36 heavy (non-hydrogen) atoms. The molecule has 7 nitrogen and oxygen atoms in total. The minimum atomic E-state index is -3.87. The lowest BCUT2D eigenvalue weighted by Crippen LogP contribution is -2.38. The van der Waals surface area contributed by atoms with E-state index in [0.29, 0.717) is 5.82 Å². The Morgan fingerprint density at radius 2 is 1.69 bits per heavy atom. The SMILES string of the molecule is CCN(CC(=O)Nc1cc(C(C)(C)C)nn1-c1cccc(C)c1)S(=O)(=O)c1ccc2ccccc2c1. The van der Waals surface area contributed by atoms with Crippen LogP contribution in [-0.2, 0) is 20.2 Å². The van der Waals surface area contributed by atoms with Gasteiger partial charge >= 0.3 is 0 Å². The molecule has 1 aromatic heterocycles. The summed E-state index contributed by atoms with van der Waals surface area (Å²) < 4.78 is 29.6. The van der Waals surface area contributed by atoms with E-state index < -0.39 is 15.9 Å². The molecule has 1 heterocycles. The maximum Gasteiger partial charge on any atom is 0.243 e. The van der Waals surface area contributed by atoms with Crippen molar-refractivity contribution in [3.05, 3.63) is 84.1 Å². The fourth-order valence-corrected chi connectivity index (χ4v) is 5.42. The number of anilines is 1. The quantitative estimate of drug-likeness (QED) is 0.371. The van der Waals surface area contributed by atoms with E-state index in [2.05, 4.69) is 26.1 Å². The Morgan fingerprint density at radius 3 is 2.36 bits per heavy atom. The number of fused-ring (bicyclic) bond motifs is 1. The molecule has 0 atom stereocenters. The van der Waals surface area contributed by atoms with Gasteiger partial charge in [-0.3, -0.25) is 4.79 Å². The van der Waals surface area contributed by atoms with E-state index in [1.165, 1.54) is 4.31 Å². The zero-order chi connectivity index (χ0) is 26.1. The van der Waals surface area contributed by atoms with Gasteiger partial charge in [-0.05, 0) is 47.5 Å². The maximum atomic E-state index is 13.4. The Kier molecular flexibility index (Phi) is 7.02. The van der Waals surface area contributed by atoms with Crippen molar-refractivity contribution in [3.63, 3.8) is 0 Å². The second-order valence-corrected chi connectivity index (χ2v) is 11.8. The van der Waals surface area contributed by atoms with Crippen LogP contribution in [0, 0.1) is 6.92 Å². The van der Waals surface area contributed by atoms with E-state index in [1.807, 2.05) is 61.5 Å². The van der Waals surface area contributed by atoms with E-state index in [-0.39, 0.29) is 23.4 Å². The first kappa shape index (κ1) is 25.6. The molecule has 0 saturated heterocycles. The lowest BCUT2D eigenvalue weighted by molar-refractivity contribution is -0.116. The van der Waals surface area contributed by atoms with Crippen LogP contribution in [0.3, 0.4) is 0 Å². The molecule has 188 valence electrons. The summed E-state index contributed by atoms with van der Waals surface area (Å²) in [5.41, 5.74) is 2.47. The van der Waals surface area contributed by atoms with E-state index in [9.17, 15) is 13.2 Å². The average Bonchev–Trinajstić information content (AvgIpc) is 3.26. The number of nitrogens with zero attached hydrogens (tertiary/aromatic N) is 3. The molecule has 0 radical (unpaired) electrons. The highest BCUT2D eigenvalue weighted by Gasteiger charge is 2.27. The standard InChI is InChI=1S/C28H32N4O3S/c1-6-31(36(34,35)24-15-14-21-11-7-8-12-22(21)17-24)19-27(33)29-26-18-25(28(3,4)5)30-32(26)23-13-9-10-20(2)16-23/h7-18H,6,19H2,1-5H3,(H,29,33). The fourth-order valence-electron chi connectivity index (χ4n) is 3.98. The van der Waals surface area contributed by atoms with Crippen molar-refractivity contribution in [2.24, 2.45) is 0 Å². The van der Waals surface area contributed by atoms with Crippen LogP contribution in [-0.4, -0.2) is 41.5 Å². The van der Waals surface area contributed by atoms with Crippen LogP contribution in [0.1, 0.15) is 39.0 Å². The first-order valence-electron chi connectivity index (χ1n) is 12.0. The maximum absolute atomic E-state index is 13.4. The normalized spacial score (nSPS) is 12.3. The highest BCUT2D eigenvalue weighted by molar-refractivity contribution is 7.89. The summed E-state index contributed by atoms with van der Waals surface area (Å²) in [4.78, 5) is 13.3. The van der Waals surface area contributed by atoms with Crippen molar-refractivity contribution in [2.45, 2.75) is 44.9 Å². The van der Waals surface area contributed by atoms with Crippen molar-refractivity contribution in [1.82, 2.24) is 14.1 Å². The van der Waals surface area contributed by atoms with Crippen LogP contribution in [0.4, 0.5) is 5.82 Å². The number of likely N-dealkylation sites (N-methyl/N-ethyl adjacent to an activating group) is 1. The van der Waals surface area contributed by atoms with Crippen LogP contribution >= 0.6 is 0 Å². The van der Waals surface area contributed by atoms with E-state index in [4.69, 9.17) is 5.10 Å². The summed E-state index contributed by atoms with van der Waals surface area (Å²) in [6, 6.07) is 22.3. The van der Waals surface area contributed by atoms with Gasteiger partial charge in [-0.1, -0.05) is 70.2 Å². The van der Waals surface area contributed by atoms with Gasteiger partial charge in [0.15, 0.2) is 0 Å². The largest absolute Gasteiger partial charge is 0.309 e. The summed E-state index contributed by atoms with van der Waals surface area (Å²) in [5.74, 6) is 0.0603. The van der Waals surface area contributed by atoms with Gasteiger partial charge in [-0.25, -0.2) is 13.1 Å². The molecule has 0 aliphatic carbocycles. The molecule has 3 aromatic carbocycles. The molecule has 0 aliphatic rings. The molecule has 8 heteroatoms. The molecule has 4 rings (SSSR count). The number of nitrogens with one attached hydrogen (secondary N) is 1. The monoisotopic (exact) mass is 504 g/mol. The second kappa shape index (κ2) is 9.87. The summed E-state index contributed by atoms with van der Waals surface area (Å²) in [6.07, 6.45) is 0. The molecule has 1 N–H and O–H groups in total. The average molecular weight is 505 g/mol. The third-order valence-electron chi connectivity index (χ3n) is 6.02. The lowest BCUT2D eigenvalue weighted by Gasteiger charge is -2.20. The molecule has 1 amide bonds. The van der Waals surface area contributed by atoms with Crippen molar-refractivity contribution >= 4 is 32.5 Å². The summed E-state index contributed by atoms with van der Waals surface area (Å²) in [6.45, 7) is 9.72. The zero-order valence-corrected chi connectivity index (χ0v) is 22.1. The number of hydrogen-bond acceptors (Lipinski definition) is 4. The first-order valence-corrected chi connectivity index (χ1v) is 13.4. The summed E-state index contributed by atoms with van der Waals surface area (Å²) >= 11 is 0. The zero-order valence-electron chi connectivity index (χ0n) is 21.3. The number of benzene rings is 3. The Morgan fingerprint density at radius 1 is 0.972 bits per heavy atom. The van der Waals surface area contributed by atoms with Crippen LogP contribution < -0.4 is 5.32 Å². The minimum absolute atomic E-state index is 0.160. The lowest BCUT2D eigenvalue weighted by atomic mass is 9.92. The van der Waals surface area contributed by atoms with Gasteiger partial charge in [0.25, 0.3) is 0 Å². The van der Waals surface area contributed by atoms with Crippen molar-refractivity contribution in [1.29, 1.82) is 0 Å².